The molecular formula is C15H15N3O7Se. The average Bonchev–Trinajstić information content (AvgIpc) is 2.54. The molecule has 26 heavy (non-hydrogen) atoms. The second-order valence-electron chi connectivity index (χ2n) is 5.73. The van der Waals surface area contributed by atoms with Gasteiger partial charge in [0.15, 0.2) is 0 Å². The summed E-state index contributed by atoms with van der Waals surface area (Å²) in [5.74, 6) is 2.25. The van der Waals surface area contributed by atoms with Crippen molar-refractivity contribution in [1.82, 2.24) is 0 Å². The van der Waals surface area contributed by atoms with Gasteiger partial charge in [0, 0.05) is 0 Å². The maximum absolute atomic E-state index is 12.3. The third-order valence-electron chi connectivity index (χ3n) is 3.27. The molecule has 0 saturated carbocycles. The van der Waals surface area contributed by atoms with Crippen LogP contribution < -0.4 is 5.11 Å². The van der Waals surface area contributed by atoms with E-state index in [9.17, 15) is 30.2 Å². The van der Waals surface area contributed by atoms with Crippen LogP contribution in [0.5, 0.6) is 5.75 Å². The Hall–Kier alpha value is -3.04. The van der Waals surface area contributed by atoms with Crippen LogP contribution in [0, 0.1) is 25.1 Å². The molecule has 0 radical (unpaired) electrons. The quantitative estimate of drug-likeness (QED) is 0.375. The fraction of sp³-hybridized carbons (Fsp3) is 0.200. The van der Waals surface area contributed by atoms with E-state index in [1.54, 1.807) is 11.6 Å². The third kappa shape index (κ3) is 4.52. The summed E-state index contributed by atoms with van der Waals surface area (Å²) >= 11 is -2.87. The van der Waals surface area contributed by atoms with Gasteiger partial charge in [-0.3, -0.25) is 0 Å². The zero-order valence-electron chi connectivity index (χ0n) is 13.9. The van der Waals surface area contributed by atoms with Gasteiger partial charge >= 0.3 is 150 Å². The number of benzene rings is 2. The Labute approximate surface area is 150 Å². The molecule has 0 aromatic heterocycles. The first kappa shape index (κ1) is 19.3. The summed E-state index contributed by atoms with van der Waals surface area (Å²) in [5.41, 5.74) is -1.65. The molecule has 2 aromatic rings. The standard InChI is InChI=1S/C15H15N3O7Se/c1-26(2,10-11-6-4-3-5-7-11)25-18(24)14-9-12(16(20)21)8-13(15(14)19)17(22)23/h3-9H,10H2,1-2H3. The van der Waals surface area contributed by atoms with Gasteiger partial charge < -0.3 is 0 Å². The number of non-ortho nitro benzene ring substituents is 1. The van der Waals surface area contributed by atoms with Gasteiger partial charge in [0.2, 0.25) is 0 Å². The molecular weight excluding hydrogens is 413 g/mol. The Morgan fingerprint density at radius 1 is 0.962 bits per heavy atom. The van der Waals surface area contributed by atoms with Crippen LogP contribution in [0.4, 0.5) is 17.1 Å². The predicted octanol–water partition coefficient (Wildman–Crippen LogP) is 2.91. The van der Waals surface area contributed by atoms with Crippen LogP contribution in [-0.2, 0) is 9.24 Å². The number of nitro benzene ring substituents is 2. The van der Waals surface area contributed by atoms with Crippen molar-refractivity contribution >= 4 is 30.2 Å². The molecule has 11 heteroatoms. The van der Waals surface area contributed by atoms with Crippen LogP contribution in [-0.4, -0.2) is 27.9 Å². The van der Waals surface area contributed by atoms with Gasteiger partial charge in [0.1, 0.15) is 0 Å². The van der Waals surface area contributed by atoms with E-state index in [2.05, 4.69) is 0 Å². The van der Waals surface area contributed by atoms with E-state index < -0.39 is 45.8 Å². The summed E-state index contributed by atoms with van der Waals surface area (Å²) in [6.07, 6.45) is 0. The Bertz CT molecular complexity index is 871. The Balaban J connectivity index is 2.33. The summed E-state index contributed by atoms with van der Waals surface area (Å²) in [6, 6.07) is 10.4. The molecule has 0 bridgehead atoms. The maximum atomic E-state index is 12.3. The summed E-state index contributed by atoms with van der Waals surface area (Å²) in [5, 5.41) is 34.4. The van der Waals surface area contributed by atoms with E-state index in [0.29, 0.717) is 17.5 Å². The Morgan fingerprint density at radius 3 is 2.08 bits per heavy atom. The zero-order valence-corrected chi connectivity index (χ0v) is 15.6. The molecule has 2 rings (SSSR count). The van der Waals surface area contributed by atoms with E-state index in [1.165, 1.54) is 0 Å². The first-order valence-corrected chi connectivity index (χ1v) is 12.5. The van der Waals surface area contributed by atoms with Crippen LogP contribution in [0.2, 0.25) is 11.6 Å². The molecule has 0 aliphatic rings. The van der Waals surface area contributed by atoms with Crippen molar-refractivity contribution in [3.63, 3.8) is 0 Å². The van der Waals surface area contributed by atoms with E-state index in [4.69, 9.17) is 3.92 Å². The van der Waals surface area contributed by atoms with Crippen molar-refractivity contribution in [2.75, 3.05) is 0 Å². The topological polar surface area (TPSA) is 139 Å². The summed E-state index contributed by atoms with van der Waals surface area (Å²) < 4.78 is 5.37. The third-order valence-corrected chi connectivity index (χ3v) is 6.55. The molecule has 0 heterocycles. The van der Waals surface area contributed by atoms with Crippen LogP contribution in [0.3, 0.4) is 0 Å². The van der Waals surface area contributed by atoms with E-state index in [0.717, 1.165) is 5.56 Å². The molecule has 0 amide bonds. The molecule has 0 unspecified atom stereocenters. The van der Waals surface area contributed by atoms with Crippen molar-refractivity contribution in [3.05, 3.63) is 73.2 Å². The number of hydrogen-bond acceptors (Lipinski definition) is 7. The van der Waals surface area contributed by atoms with Crippen molar-refractivity contribution in [1.29, 1.82) is 0 Å². The van der Waals surface area contributed by atoms with Gasteiger partial charge in [0.05, 0.1) is 0 Å². The van der Waals surface area contributed by atoms with Crippen LogP contribution in [0.25, 0.3) is 0 Å². The monoisotopic (exact) mass is 429 g/mol. The summed E-state index contributed by atoms with van der Waals surface area (Å²) in [7, 11) is 0. The first-order chi connectivity index (χ1) is 12.1. The number of nitrogens with zero attached hydrogens (tertiary/aromatic N) is 3. The van der Waals surface area contributed by atoms with Crippen LogP contribution >= 0.6 is 0 Å². The van der Waals surface area contributed by atoms with Gasteiger partial charge in [-0.15, -0.1) is 0 Å². The van der Waals surface area contributed by atoms with E-state index >= 15 is 0 Å². The molecule has 0 atom stereocenters. The number of rotatable bonds is 7. The van der Waals surface area contributed by atoms with Crippen molar-refractivity contribution in [2.24, 2.45) is 0 Å². The van der Waals surface area contributed by atoms with Crippen molar-refractivity contribution in [2.45, 2.75) is 17.0 Å². The number of nitro groups is 2. The Morgan fingerprint density at radius 2 is 1.54 bits per heavy atom. The van der Waals surface area contributed by atoms with Crippen LogP contribution in [0.1, 0.15) is 5.56 Å². The number of hydrogen-bond donors (Lipinski definition) is 0. The molecule has 0 N–H and O–H groups in total. The van der Waals surface area contributed by atoms with E-state index in [1.807, 2.05) is 30.3 Å². The van der Waals surface area contributed by atoms with Gasteiger partial charge in [-0.1, -0.05) is 0 Å². The summed E-state index contributed by atoms with van der Waals surface area (Å²) in [4.78, 5) is 32.0. The Kier molecular flexibility index (Phi) is 5.53. The van der Waals surface area contributed by atoms with Crippen molar-refractivity contribution in [3.8, 4) is 5.75 Å². The minimum absolute atomic E-state index is 0.134. The fourth-order valence-corrected chi connectivity index (χ4v) is 5.32. The molecule has 0 aliphatic carbocycles. The van der Waals surface area contributed by atoms with E-state index in [-0.39, 0.29) is 4.92 Å². The van der Waals surface area contributed by atoms with Crippen molar-refractivity contribution < 1.29 is 23.8 Å². The normalized spacial score (nSPS) is 11.6. The zero-order chi connectivity index (χ0) is 19.5. The average molecular weight is 428 g/mol. The molecule has 0 spiro atoms. The molecule has 0 fully saturated rings. The SMILES string of the molecule is C[Se](C)(Cc1ccccc1)O[N+](=O)c1cc([N+](=O)[O-])cc([N+](=O)[O-])c1[O-]. The predicted molar refractivity (Wildman–Crippen MR) is 91.2 cm³/mol. The molecule has 2 aromatic carbocycles. The molecule has 10 nitrogen and oxygen atoms in total. The van der Waals surface area contributed by atoms with Gasteiger partial charge in [-0.05, 0) is 0 Å². The van der Waals surface area contributed by atoms with Gasteiger partial charge in [-0.25, -0.2) is 0 Å². The molecule has 0 aliphatic heterocycles. The summed E-state index contributed by atoms with van der Waals surface area (Å²) in [6.45, 7) is 0. The minimum atomic E-state index is -2.87. The van der Waals surface area contributed by atoms with Gasteiger partial charge in [0.25, 0.3) is 0 Å². The fourth-order valence-electron chi connectivity index (χ4n) is 2.19. The first-order valence-electron chi connectivity index (χ1n) is 7.16. The molecule has 138 valence electrons. The van der Waals surface area contributed by atoms with Crippen LogP contribution in [0.15, 0.2) is 42.5 Å². The second kappa shape index (κ2) is 7.46. The molecule has 0 saturated heterocycles. The second-order valence-corrected chi connectivity index (χ2v) is 12.7. The van der Waals surface area contributed by atoms with Gasteiger partial charge in [-0.2, -0.15) is 0 Å².